The number of carbonyl (C=O) groups excluding carboxylic acids is 1. The average Bonchev–Trinajstić information content (AvgIpc) is 0.785. The first-order valence-electron chi connectivity index (χ1n) is 38.1. The van der Waals surface area contributed by atoms with Crippen LogP contribution in [0.1, 0.15) is 251 Å². The van der Waals surface area contributed by atoms with Gasteiger partial charge in [0.15, 0.2) is 18.9 Å². The predicted octanol–water partition coefficient (Wildman–Crippen LogP) is 11.8. The number of nitrogens with one attached hydrogen (secondary N) is 1. The van der Waals surface area contributed by atoms with Crippen molar-refractivity contribution in [3.05, 3.63) is 109 Å². The van der Waals surface area contributed by atoms with Crippen molar-refractivity contribution in [3.8, 4) is 0 Å². The van der Waals surface area contributed by atoms with Crippen LogP contribution < -0.4 is 5.32 Å². The first kappa shape index (κ1) is 88.7. The molecule has 19 heteroatoms. The highest BCUT2D eigenvalue weighted by atomic mass is 16.8. The third kappa shape index (κ3) is 39.2. The summed E-state index contributed by atoms with van der Waals surface area (Å²) in [5.41, 5.74) is 0. The summed E-state index contributed by atoms with van der Waals surface area (Å²) in [6, 6.07) is -0.998. The van der Waals surface area contributed by atoms with Gasteiger partial charge in [0.2, 0.25) is 5.91 Å². The van der Waals surface area contributed by atoms with Crippen LogP contribution in [0.4, 0.5) is 0 Å². The van der Waals surface area contributed by atoms with Crippen molar-refractivity contribution in [2.45, 2.75) is 356 Å². The fourth-order valence-corrected chi connectivity index (χ4v) is 12.2. The second-order valence-corrected chi connectivity index (χ2v) is 26.7. The van der Waals surface area contributed by atoms with Crippen LogP contribution in [0.2, 0.25) is 0 Å². The largest absolute Gasteiger partial charge is 0.394 e. The van der Waals surface area contributed by atoms with Crippen LogP contribution >= 0.6 is 0 Å². The van der Waals surface area contributed by atoms with Gasteiger partial charge in [0.1, 0.15) is 73.2 Å². The van der Waals surface area contributed by atoms with E-state index in [0.717, 1.165) is 96.3 Å². The maximum atomic E-state index is 13.4. The smallest absolute Gasteiger partial charge is 0.220 e. The molecule has 0 radical (unpaired) electrons. The number of carbonyl (C=O) groups is 1. The van der Waals surface area contributed by atoms with Crippen LogP contribution in [0.15, 0.2) is 109 Å². The minimum atomic E-state index is -1.99. The number of aliphatic hydroxyl groups is 11. The molecule has 17 atom stereocenters. The highest BCUT2D eigenvalue weighted by molar-refractivity contribution is 5.76. The van der Waals surface area contributed by atoms with E-state index >= 15 is 0 Å². The lowest BCUT2D eigenvalue weighted by atomic mass is 9.96. The van der Waals surface area contributed by atoms with Gasteiger partial charge >= 0.3 is 0 Å². The first-order valence-corrected chi connectivity index (χ1v) is 38.1. The number of allylic oxidation sites excluding steroid dienone is 17. The van der Waals surface area contributed by atoms with Gasteiger partial charge in [0.05, 0.1) is 38.6 Å². The summed E-state index contributed by atoms with van der Waals surface area (Å²) in [7, 11) is 0. The molecule has 0 bridgehead atoms. The Hall–Kier alpha value is -3.55. The van der Waals surface area contributed by atoms with Crippen LogP contribution in [0.25, 0.3) is 0 Å². The third-order valence-corrected chi connectivity index (χ3v) is 18.3. The van der Waals surface area contributed by atoms with E-state index in [1.54, 1.807) is 6.08 Å². The number of ether oxygens (including phenoxy) is 6. The third-order valence-electron chi connectivity index (χ3n) is 18.3. The molecule has 3 aliphatic rings. The molecule has 0 saturated carbocycles. The standard InChI is InChI=1S/C79H135NO18/c1-3-5-7-9-11-13-15-17-19-21-23-24-25-26-27-28-29-30-31-32-33-34-35-36-37-38-39-41-43-45-47-49-51-53-55-57-67(85)80-62(63(84)56-54-52-50-48-46-44-42-40-22-20-18-16-14-12-10-8-6-4-2)61-93-77-73(91)70(88)75(65(59-82)95-77)98-79-74(92)71(89)76(66(60-83)96-79)97-78-72(90)69(87)68(86)64(58-81)94-78/h5,7,11,13,17,19,23-24,26-27,29-30,32-33,46,48,54,56,62-66,68-79,81-84,86-92H,3-4,6,8-10,12,14-16,18,20-22,25,28,31,34-45,47,49-53,55,57-61H2,1-2H3,(H,80,85)/b7-5-,13-11-,19-17-,24-23-,27-26-,30-29-,33-32-,48-46+,56-54+. The summed E-state index contributed by atoms with van der Waals surface area (Å²) < 4.78 is 34.4. The Kier molecular flexibility index (Phi) is 53.3. The molecule has 3 heterocycles. The van der Waals surface area contributed by atoms with E-state index in [2.05, 4.69) is 116 Å². The van der Waals surface area contributed by atoms with Gasteiger partial charge < -0.3 is 89.9 Å². The first-order chi connectivity index (χ1) is 47.8. The average molecular weight is 1390 g/mol. The van der Waals surface area contributed by atoms with Gasteiger partial charge in [-0.05, 0) is 89.9 Å². The van der Waals surface area contributed by atoms with Gasteiger partial charge in [-0.25, -0.2) is 0 Å². The van der Waals surface area contributed by atoms with Crippen molar-refractivity contribution in [1.82, 2.24) is 5.32 Å². The van der Waals surface area contributed by atoms with E-state index in [0.29, 0.717) is 12.8 Å². The monoisotopic (exact) mass is 1390 g/mol. The van der Waals surface area contributed by atoms with Crippen molar-refractivity contribution >= 4 is 5.91 Å². The molecule has 564 valence electrons. The van der Waals surface area contributed by atoms with Gasteiger partial charge in [-0.3, -0.25) is 4.79 Å². The lowest BCUT2D eigenvalue weighted by molar-refractivity contribution is -0.379. The number of rotatable bonds is 58. The number of unbranched alkanes of at least 4 members (excludes halogenated alkanes) is 26. The normalized spacial score (nSPS) is 27.4. The van der Waals surface area contributed by atoms with E-state index in [1.807, 2.05) is 6.08 Å². The molecule has 19 nitrogen and oxygen atoms in total. The van der Waals surface area contributed by atoms with Crippen molar-refractivity contribution in [2.75, 3.05) is 26.4 Å². The molecule has 0 aromatic heterocycles. The van der Waals surface area contributed by atoms with Crippen LogP contribution in [0.3, 0.4) is 0 Å². The van der Waals surface area contributed by atoms with Crippen LogP contribution in [-0.2, 0) is 33.2 Å². The zero-order chi connectivity index (χ0) is 71.1. The fourth-order valence-electron chi connectivity index (χ4n) is 12.2. The fraction of sp³-hybridized carbons (Fsp3) is 0.759. The number of amides is 1. The SMILES string of the molecule is CC/C=C\C/C=C\C/C=C\C/C=C\C/C=C\C/C=C\C/C=C\CCCCCCCCCCCCCCCC(=O)NC(COC1OC(CO)C(OC2OC(CO)C(OC3OC(CO)C(O)C(O)C3O)C(O)C2O)C(O)C1O)C(O)/C=C/CC/C=C/CCCCCCCCCCCCCC. The molecule has 17 unspecified atom stereocenters. The van der Waals surface area contributed by atoms with Crippen LogP contribution in [-0.4, -0.2) is 193 Å². The maximum Gasteiger partial charge on any atom is 0.220 e. The Morgan fingerprint density at radius 1 is 0.378 bits per heavy atom. The van der Waals surface area contributed by atoms with Crippen LogP contribution in [0.5, 0.6) is 0 Å². The van der Waals surface area contributed by atoms with E-state index < -0.39 is 124 Å². The maximum absolute atomic E-state index is 13.4. The molecule has 1 amide bonds. The van der Waals surface area contributed by atoms with Gasteiger partial charge in [-0.15, -0.1) is 0 Å². The second kappa shape index (κ2) is 58.9. The second-order valence-electron chi connectivity index (χ2n) is 26.7. The minimum absolute atomic E-state index is 0.228. The van der Waals surface area contributed by atoms with E-state index in [1.165, 1.54) is 122 Å². The highest BCUT2D eigenvalue weighted by Crippen LogP contribution is 2.33. The summed E-state index contributed by atoms with van der Waals surface area (Å²) in [6.45, 7) is 1.60. The summed E-state index contributed by atoms with van der Waals surface area (Å²) >= 11 is 0. The number of hydrogen-bond acceptors (Lipinski definition) is 18. The van der Waals surface area contributed by atoms with E-state index in [4.69, 9.17) is 28.4 Å². The van der Waals surface area contributed by atoms with Crippen molar-refractivity contribution in [1.29, 1.82) is 0 Å². The van der Waals surface area contributed by atoms with Crippen molar-refractivity contribution in [2.24, 2.45) is 0 Å². The Morgan fingerprint density at radius 2 is 0.714 bits per heavy atom. The Morgan fingerprint density at radius 3 is 1.14 bits per heavy atom. The molecule has 3 fully saturated rings. The quantitative estimate of drug-likeness (QED) is 0.0199. The van der Waals surface area contributed by atoms with Gasteiger partial charge in [0.25, 0.3) is 0 Å². The molecule has 0 spiro atoms. The minimum Gasteiger partial charge on any atom is -0.394 e. The molecule has 0 aliphatic carbocycles. The number of aliphatic hydroxyl groups excluding tert-OH is 11. The summed E-state index contributed by atoms with van der Waals surface area (Å²) in [5, 5.41) is 121. The molecule has 0 aromatic rings. The summed E-state index contributed by atoms with van der Waals surface area (Å²) in [6.07, 6.45) is 53.5. The van der Waals surface area contributed by atoms with Gasteiger partial charge in [-0.2, -0.15) is 0 Å². The molecule has 3 rings (SSSR count). The molecular weight excluding hydrogens is 1250 g/mol. The highest BCUT2D eigenvalue weighted by Gasteiger charge is 2.53. The van der Waals surface area contributed by atoms with Crippen molar-refractivity contribution < 1.29 is 89.4 Å². The summed E-state index contributed by atoms with van der Waals surface area (Å²) in [4.78, 5) is 13.4. The zero-order valence-electron chi connectivity index (χ0n) is 60.0. The Labute approximate surface area is 589 Å². The van der Waals surface area contributed by atoms with Crippen molar-refractivity contribution in [3.63, 3.8) is 0 Å². The Bertz CT molecular complexity index is 2200. The zero-order valence-corrected chi connectivity index (χ0v) is 60.0. The molecule has 12 N–H and O–H groups in total. The molecule has 98 heavy (non-hydrogen) atoms. The summed E-state index contributed by atoms with van der Waals surface area (Å²) in [5.74, 6) is -0.290. The molecule has 3 saturated heterocycles. The van der Waals surface area contributed by atoms with Gasteiger partial charge in [0, 0.05) is 6.42 Å². The van der Waals surface area contributed by atoms with Gasteiger partial charge in [-0.1, -0.05) is 264 Å². The number of hydrogen-bond donors (Lipinski definition) is 12. The van der Waals surface area contributed by atoms with E-state index in [9.17, 15) is 61.0 Å². The topological polar surface area (TPSA) is 307 Å². The van der Waals surface area contributed by atoms with E-state index in [-0.39, 0.29) is 18.9 Å². The molecular formula is C79H135NO18. The predicted molar refractivity (Wildman–Crippen MR) is 387 cm³/mol. The lowest BCUT2D eigenvalue weighted by Gasteiger charge is -2.48. The Balaban J connectivity index is 1.37. The lowest BCUT2D eigenvalue weighted by Crippen LogP contribution is -2.66. The molecule has 3 aliphatic heterocycles. The molecule has 0 aromatic carbocycles. The van der Waals surface area contributed by atoms with Crippen LogP contribution in [0, 0.1) is 0 Å².